The van der Waals surface area contributed by atoms with E-state index in [9.17, 15) is 4.79 Å². The molecule has 1 aromatic heterocycles. The van der Waals surface area contributed by atoms with Crippen LogP contribution in [0.2, 0.25) is 0 Å². The Morgan fingerprint density at radius 2 is 1.95 bits per heavy atom. The van der Waals surface area contributed by atoms with Crippen LogP contribution in [-0.4, -0.2) is 29.9 Å². The lowest BCUT2D eigenvalue weighted by Crippen LogP contribution is -2.27. The molecule has 104 valence electrons. The van der Waals surface area contributed by atoms with E-state index >= 15 is 0 Å². The predicted octanol–water partition coefficient (Wildman–Crippen LogP) is 2.29. The summed E-state index contributed by atoms with van der Waals surface area (Å²) < 4.78 is 5.10. The van der Waals surface area contributed by atoms with Gasteiger partial charge in [-0.15, -0.1) is 0 Å². The zero-order valence-electron chi connectivity index (χ0n) is 11.7. The van der Waals surface area contributed by atoms with E-state index in [-0.39, 0.29) is 5.91 Å². The summed E-state index contributed by atoms with van der Waals surface area (Å²) in [5.74, 6) is 0.879. The molecule has 2 rings (SSSR count). The molecule has 0 N–H and O–H groups in total. The van der Waals surface area contributed by atoms with Crippen LogP contribution >= 0.6 is 0 Å². The number of carbonyl (C=O) groups excluding carboxylic acids is 1. The molecule has 0 atom stereocenters. The summed E-state index contributed by atoms with van der Waals surface area (Å²) >= 11 is 0. The molecule has 0 aliphatic heterocycles. The number of rotatable bonds is 5. The quantitative estimate of drug-likeness (QED) is 0.837. The van der Waals surface area contributed by atoms with E-state index in [2.05, 4.69) is 4.98 Å². The number of aromatic nitrogens is 1. The van der Waals surface area contributed by atoms with Crippen LogP contribution in [0, 0.1) is 0 Å². The van der Waals surface area contributed by atoms with Crippen LogP contribution in [0.25, 0.3) is 0 Å². The molecule has 0 aliphatic rings. The molecular weight excluding hydrogens is 252 g/mol. The Hall–Kier alpha value is -2.36. The van der Waals surface area contributed by atoms with E-state index in [0.29, 0.717) is 13.0 Å². The van der Waals surface area contributed by atoms with Gasteiger partial charge in [0, 0.05) is 26.0 Å². The number of carbonyl (C=O) groups is 1. The third-order valence-corrected chi connectivity index (χ3v) is 3.08. The lowest BCUT2D eigenvalue weighted by molar-refractivity contribution is -0.129. The number of nitrogens with zero attached hydrogens (tertiary/aromatic N) is 2. The van der Waals surface area contributed by atoms with Crippen LogP contribution in [0.5, 0.6) is 5.75 Å². The topological polar surface area (TPSA) is 42.4 Å². The highest BCUT2D eigenvalue weighted by Gasteiger charge is 2.10. The number of pyridine rings is 1. The lowest BCUT2D eigenvalue weighted by Gasteiger charge is -2.17. The normalized spacial score (nSPS) is 10.1. The summed E-state index contributed by atoms with van der Waals surface area (Å²) in [6.45, 7) is 0.572. The highest BCUT2D eigenvalue weighted by Crippen LogP contribution is 2.12. The zero-order valence-corrected chi connectivity index (χ0v) is 11.7. The van der Waals surface area contributed by atoms with Crippen molar-refractivity contribution < 1.29 is 9.53 Å². The van der Waals surface area contributed by atoms with E-state index in [1.165, 1.54) is 0 Å². The molecule has 2 aromatic rings. The second-order valence-corrected chi connectivity index (χ2v) is 4.64. The predicted molar refractivity (Wildman–Crippen MR) is 77.4 cm³/mol. The molecule has 1 aromatic carbocycles. The number of likely N-dealkylation sites (N-methyl/N-ethyl adjacent to an activating group) is 1. The Morgan fingerprint density at radius 1 is 1.20 bits per heavy atom. The first kappa shape index (κ1) is 14.1. The summed E-state index contributed by atoms with van der Waals surface area (Å²) in [6, 6.07) is 11.4. The van der Waals surface area contributed by atoms with Crippen molar-refractivity contribution in [2.75, 3.05) is 14.2 Å². The average Bonchev–Trinajstić information content (AvgIpc) is 2.49. The van der Waals surface area contributed by atoms with Gasteiger partial charge in [0.05, 0.1) is 13.5 Å². The molecule has 4 heteroatoms. The molecule has 0 fully saturated rings. The summed E-state index contributed by atoms with van der Waals surface area (Å²) in [6.07, 6.45) is 3.89. The van der Waals surface area contributed by atoms with Gasteiger partial charge < -0.3 is 9.64 Å². The van der Waals surface area contributed by atoms with Crippen LogP contribution in [0.3, 0.4) is 0 Å². The van der Waals surface area contributed by atoms with Gasteiger partial charge >= 0.3 is 0 Å². The van der Waals surface area contributed by atoms with Gasteiger partial charge in [0.2, 0.25) is 5.91 Å². The van der Waals surface area contributed by atoms with Gasteiger partial charge in [0.15, 0.2) is 0 Å². The molecule has 0 spiro atoms. The Morgan fingerprint density at radius 3 is 2.55 bits per heavy atom. The van der Waals surface area contributed by atoms with Gasteiger partial charge in [-0.1, -0.05) is 18.2 Å². The number of methoxy groups -OCH3 is 1. The third kappa shape index (κ3) is 3.82. The molecule has 0 radical (unpaired) electrons. The monoisotopic (exact) mass is 270 g/mol. The van der Waals surface area contributed by atoms with Gasteiger partial charge in [-0.25, -0.2) is 0 Å². The molecule has 0 saturated carbocycles. The summed E-state index contributed by atoms with van der Waals surface area (Å²) in [5, 5.41) is 0. The molecule has 0 unspecified atom stereocenters. The van der Waals surface area contributed by atoms with Gasteiger partial charge in [-0.2, -0.15) is 0 Å². The van der Waals surface area contributed by atoms with Crippen molar-refractivity contribution >= 4 is 5.91 Å². The maximum absolute atomic E-state index is 12.1. The van der Waals surface area contributed by atoms with Gasteiger partial charge in [-0.05, 0) is 29.3 Å². The minimum atomic E-state index is 0.0824. The van der Waals surface area contributed by atoms with Crippen molar-refractivity contribution in [1.82, 2.24) is 9.88 Å². The number of ether oxygens (including phenoxy) is 1. The Kier molecular flexibility index (Phi) is 4.71. The molecule has 4 nitrogen and oxygen atoms in total. The molecule has 1 heterocycles. The number of hydrogen-bond acceptors (Lipinski definition) is 3. The van der Waals surface area contributed by atoms with Crippen molar-refractivity contribution in [1.29, 1.82) is 0 Å². The van der Waals surface area contributed by atoms with E-state index in [0.717, 1.165) is 16.9 Å². The highest BCUT2D eigenvalue weighted by atomic mass is 16.5. The Bertz CT molecular complexity index is 552. The van der Waals surface area contributed by atoms with Crippen molar-refractivity contribution in [2.45, 2.75) is 13.0 Å². The smallest absolute Gasteiger partial charge is 0.227 e. The second kappa shape index (κ2) is 6.70. The molecule has 0 saturated heterocycles. The first-order valence-corrected chi connectivity index (χ1v) is 6.45. The van der Waals surface area contributed by atoms with Crippen LogP contribution in [0.1, 0.15) is 11.1 Å². The highest BCUT2D eigenvalue weighted by molar-refractivity contribution is 5.78. The summed E-state index contributed by atoms with van der Waals surface area (Å²) in [5.41, 5.74) is 2.01. The van der Waals surface area contributed by atoms with Gasteiger partial charge in [-0.3, -0.25) is 9.78 Å². The summed E-state index contributed by atoms with van der Waals surface area (Å²) in [4.78, 5) is 17.9. The standard InChI is InChI=1S/C16H18N2O2/c1-18(12-14-4-3-9-17-11-14)16(19)10-13-5-7-15(20-2)8-6-13/h3-9,11H,10,12H2,1-2H3. The SMILES string of the molecule is COc1ccc(CC(=O)N(C)Cc2cccnc2)cc1. The van der Waals surface area contributed by atoms with E-state index in [1.807, 2.05) is 36.4 Å². The summed E-state index contributed by atoms with van der Waals surface area (Å²) in [7, 11) is 3.43. The zero-order chi connectivity index (χ0) is 14.4. The van der Waals surface area contributed by atoms with E-state index < -0.39 is 0 Å². The lowest BCUT2D eigenvalue weighted by atomic mass is 10.1. The number of hydrogen-bond donors (Lipinski definition) is 0. The maximum atomic E-state index is 12.1. The molecule has 20 heavy (non-hydrogen) atoms. The first-order chi connectivity index (χ1) is 9.69. The van der Waals surface area contributed by atoms with E-state index in [1.54, 1.807) is 31.5 Å². The largest absolute Gasteiger partial charge is 0.497 e. The molecule has 0 bridgehead atoms. The molecule has 1 amide bonds. The van der Waals surface area contributed by atoms with Crippen LogP contribution in [0.4, 0.5) is 0 Å². The molecular formula is C16H18N2O2. The van der Waals surface area contributed by atoms with Crippen molar-refractivity contribution in [3.8, 4) is 5.75 Å². The molecule has 0 aliphatic carbocycles. The first-order valence-electron chi connectivity index (χ1n) is 6.45. The third-order valence-electron chi connectivity index (χ3n) is 3.08. The van der Waals surface area contributed by atoms with Crippen molar-refractivity contribution in [3.63, 3.8) is 0 Å². The minimum Gasteiger partial charge on any atom is -0.497 e. The van der Waals surface area contributed by atoms with Crippen LogP contribution in [0.15, 0.2) is 48.8 Å². The number of benzene rings is 1. The van der Waals surface area contributed by atoms with E-state index in [4.69, 9.17) is 4.74 Å². The maximum Gasteiger partial charge on any atom is 0.227 e. The fraction of sp³-hybridized carbons (Fsp3) is 0.250. The van der Waals surface area contributed by atoms with Crippen molar-refractivity contribution in [3.05, 3.63) is 59.9 Å². The number of amides is 1. The van der Waals surface area contributed by atoms with Crippen LogP contribution < -0.4 is 4.74 Å². The van der Waals surface area contributed by atoms with Crippen molar-refractivity contribution in [2.24, 2.45) is 0 Å². The Balaban J connectivity index is 1.93. The van der Waals surface area contributed by atoms with Gasteiger partial charge in [0.25, 0.3) is 0 Å². The Labute approximate surface area is 119 Å². The van der Waals surface area contributed by atoms with Gasteiger partial charge in [0.1, 0.15) is 5.75 Å². The fourth-order valence-corrected chi connectivity index (χ4v) is 1.91. The van der Waals surface area contributed by atoms with Crippen LogP contribution in [-0.2, 0) is 17.8 Å². The second-order valence-electron chi connectivity index (χ2n) is 4.64. The minimum absolute atomic E-state index is 0.0824. The average molecular weight is 270 g/mol. The fourth-order valence-electron chi connectivity index (χ4n) is 1.91.